The van der Waals surface area contributed by atoms with Crippen molar-refractivity contribution in [1.82, 2.24) is 15.2 Å². The molecule has 2 aliphatic rings. The molecule has 2 aliphatic heterocycles. The van der Waals surface area contributed by atoms with E-state index < -0.39 is 17.6 Å². The number of carbonyl (C=O) groups is 2. The van der Waals surface area contributed by atoms with Crippen molar-refractivity contribution < 1.29 is 24.5 Å². The number of thiazole rings is 1. The van der Waals surface area contributed by atoms with Gasteiger partial charge in [0.1, 0.15) is 5.75 Å². The molecule has 0 unspecified atom stereocenters. The molecule has 2 aromatic rings. The third-order valence-electron chi connectivity index (χ3n) is 7.00. The minimum atomic E-state index is -0.950. The average Bonchev–Trinajstić information content (AvgIpc) is 3.13. The highest BCUT2D eigenvalue weighted by atomic mass is 32.1. The van der Waals surface area contributed by atoms with Gasteiger partial charge in [-0.15, -0.1) is 11.3 Å². The van der Waals surface area contributed by atoms with Crippen LogP contribution in [0.1, 0.15) is 40.4 Å². The molecule has 0 saturated carbocycles. The average molecular weight is 488 g/mol. The molecule has 0 radical (unpaired) electrons. The number of fused-ring (bicyclic) bond motifs is 1. The van der Waals surface area contributed by atoms with Gasteiger partial charge in [-0.1, -0.05) is 18.2 Å². The molecule has 0 aliphatic carbocycles. The molecule has 1 saturated heterocycles. The topological polar surface area (TPSA) is 112 Å². The lowest BCUT2D eigenvalue weighted by atomic mass is 9.73. The molecule has 1 aromatic carbocycles. The van der Waals surface area contributed by atoms with Gasteiger partial charge >= 0.3 is 0 Å². The van der Waals surface area contributed by atoms with Crippen LogP contribution in [0.15, 0.2) is 24.3 Å². The predicted octanol–water partition coefficient (Wildman–Crippen LogP) is 1.77. The van der Waals surface area contributed by atoms with E-state index in [0.717, 1.165) is 21.1 Å². The summed E-state index contributed by atoms with van der Waals surface area (Å²) < 4.78 is 5.69. The van der Waals surface area contributed by atoms with E-state index in [-0.39, 0.29) is 24.8 Å². The molecule has 9 heteroatoms. The fourth-order valence-electron chi connectivity index (χ4n) is 4.90. The Kier molecular flexibility index (Phi) is 7.54. The van der Waals surface area contributed by atoms with Crippen molar-refractivity contribution in [2.75, 3.05) is 26.2 Å². The monoisotopic (exact) mass is 487 g/mol. The van der Waals surface area contributed by atoms with Gasteiger partial charge in [-0.05, 0) is 50.2 Å². The number of ether oxygens (including phenoxy) is 1. The number of likely N-dealkylation sites (tertiary alicyclic amines) is 1. The Hall–Kier alpha value is -2.49. The van der Waals surface area contributed by atoms with Crippen LogP contribution in [0.2, 0.25) is 0 Å². The number of hydrogen-bond acceptors (Lipinski definition) is 7. The molecule has 4 rings (SSSR count). The maximum Gasteiger partial charge on any atom is 0.257 e. The lowest BCUT2D eigenvalue weighted by Crippen LogP contribution is -2.51. The van der Waals surface area contributed by atoms with Gasteiger partial charge in [0.05, 0.1) is 29.3 Å². The maximum absolute atomic E-state index is 12.9. The number of carbonyl (C=O) groups excluding carboxylic acids is 2. The summed E-state index contributed by atoms with van der Waals surface area (Å²) in [4.78, 5) is 32.7. The first-order valence-electron chi connectivity index (χ1n) is 11.8. The van der Waals surface area contributed by atoms with Gasteiger partial charge in [0, 0.05) is 30.9 Å². The van der Waals surface area contributed by atoms with Crippen LogP contribution in [-0.2, 0) is 22.4 Å². The number of aromatic nitrogens is 1. The highest BCUT2D eigenvalue weighted by Crippen LogP contribution is 2.37. The highest BCUT2D eigenvalue weighted by Gasteiger charge is 2.39. The second-order valence-corrected chi connectivity index (χ2v) is 10.8. The van der Waals surface area contributed by atoms with Crippen molar-refractivity contribution in [3.05, 3.63) is 45.4 Å². The Bertz CT molecular complexity index is 1030. The van der Waals surface area contributed by atoms with Crippen molar-refractivity contribution in [1.29, 1.82) is 0 Å². The summed E-state index contributed by atoms with van der Waals surface area (Å²) in [5, 5.41) is 25.5. The SMILES string of the molecule is Cc1nc(C)c(CC(=O)N2CCC3(CC2)CNC(=O)COc2ccccc2C[C@H](O)[C@H](O)C3)s1. The van der Waals surface area contributed by atoms with Gasteiger partial charge in [0.2, 0.25) is 5.91 Å². The lowest BCUT2D eigenvalue weighted by Gasteiger charge is -2.43. The van der Waals surface area contributed by atoms with Crippen LogP contribution in [0.5, 0.6) is 5.75 Å². The van der Waals surface area contributed by atoms with E-state index in [1.807, 2.05) is 36.9 Å². The molecule has 2 atom stereocenters. The zero-order valence-corrected chi connectivity index (χ0v) is 20.6. The molecule has 184 valence electrons. The third kappa shape index (κ3) is 5.76. The van der Waals surface area contributed by atoms with Gasteiger partial charge in [0.15, 0.2) is 6.61 Å². The normalized spacial score (nSPS) is 23.3. The van der Waals surface area contributed by atoms with Crippen LogP contribution < -0.4 is 10.1 Å². The van der Waals surface area contributed by atoms with Crippen molar-refractivity contribution in [2.24, 2.45) is 5.41 Å². The molecule has 3 heterocycles. The van der Waals surface area contributed by atoms with E-state index >= 15 is 0 Å². The van der Waals surface area contributed by atoms with Crippen LogP contribution in [-0.4, -0.2) is 70.4 Å². The van der Waals surface area contributed by atoms with Crippen molar-refractivity contribution in [2.45, 2.75) is 58.2 Å². The zero-order valence-electron chi connectivity index (χ0n) is 19.7. The Morgan fingerprint density at radius 2 is 1.97 bits per heavy atom. The standard InChI is InChI=1S/C25H33N3O5S/c1-16-22(34-17(2)27-16)12-24(32)28-9-7-25(8-10-28)13-20(30)19(29)11-18-5-3-4-6-21(18)33-14-23(31)26-15-25/h3-6,19-20,29-30H,7-15H2,1-2H3,(H,26,31)/t19-,20+/m0/s1. The minimum absolute atomic E-state index is 0.0735. The zero-order chi connectivity index (χ0) is 24.3. The Balaban J connectivity index is 1.44. The van der Waals surface area contributed by atoms with E-state index in [4.69, 9.17) is 4.74 Å². The molecule has 3 N–H and O–H groups in total. The predicted molar refractivity (Wildman–Crippen MR) is 129 cm³/mol. The van der Waals surface area contributed by atoms with Gasteiger partial charge < -0.3 is 25.2 Å². The maximum atomic E-state index is 12.9. The number of amides is 2. The third-order valence-corrected chi connectivity index (χ3v) is 8.07. The summed E-state index contributed by atoms with van der Waals surface area (Å²) in [6.45, 7) is 5.23. The van der Waals surface area contributed by atoms with Crippen molar-refractivity contribution in [3.8, 4) is 5.75 Å². The number of nitrogens with zero attached hydrogens (tertiary/aromatic N) is 2. The summed E-state index contributed by atoms with van der Waals surface area (Å²) in [5.41, 5.74) is 1.26. The fraction of sp³-hybridized carbons (Fsp3) is 0.560. The summed E-state index contributed by atoms with van der Waals surface area (Å²) in [6.07, 6.45) is 0.324. The molecule has 2 amide bonds. The second-order valence-electron chi connectivity index (χ2n) is 9.52. The Morgan fingerprint density at radius 3 is 2.68 bits per heavy atom. The number of aliphatic hydroxyl groups is 2. The first kappa shape index (κ1) is 24.6. The van der Waals surface area contributed by atoms with Crippen LogP contribution >= 0.6 is 11.3 Å². The molecule has 1 fully saturated rings. The van der Waals surface area contributed by atoms with Crippen LogP contribution in [0.4, 0.5) is 0 Å². The smallest absolute Gasteiger partial charge is 0.257 e. The summed E-state index contributed by atoms with van der Waals surface area (Å²) in [7, 11) is 0. The highest BCUT2D eigenvalue weighted by molar-refractivity contribution is 7.11. The second kappa shape index (κ2) is 10.4. The molecule has 34 heavy (non-hydrogen) atoms. The van der Waals surface area contributed by atoms with Crippen LogP contribution in [0.3, 0.4) is 0 Å². The number of para-hydroxylation sites is 1. The molecule has 1 spiro atoms. The largest absolute Gasteiger partial charge is 0.483 e. The van der Waals surface area contributed by atoms with E-state index in [1.54, 1.807) is 17.4 Å². The number of piperidine rings is 1. The van der Waals surface area contributed by atoms with Gasteiger partial charge in [-0.25, -0.2) is 4.98 Å². The van der Waals surface area contributed by atoms with Gasteiger partial charge in [-0.3, -0.25) is 9.59 Å². The van der Waals surface area contributed by atoms with Crippen LogP contribution in [0.25, 0.3) is 0 Å². The molecular formula is C25H33N3O5S. The van der Waals surface area contributed by atoms with Crippen molar-refractivity contribution in [3.63, 3.8) is 0 Å². The van der Waals surface area contributed by atoms with E-state index in [2.05, 4.69) is 10.3 Å². The lowest BCUT2D eigenvalue weighted by molar-refractivity contribution is -0.134. The Morgan fingerprint density at radius 1 is 1.24 bits per heavy atom. The Labute approximate surface area is 204 Å². The number of nitrogens with one attached hydrogen (secondary N) is 1. The summed E-state index contributed by atoms with van der Waals surface area (Å²) >= 11 is 1.56. The molecule has 0 bridgehead atoms. The van der Waals surface area contributed by atoms with E-state index in [9.17, 15) is 19.8 Å². The minimum Gasteiger partial charge on any atom is -0.483 e. The quantitative estimate of drug-likeness (QED) is 0.595. The summed E-state index contributed by atoms with van der Waals surface area (Å²) in [6, 6.07) is 7.25. The number of hydrogen-bond donors (Lipinski definition) is 3. The number of rotatable bonds is 2. The van der Waals surface area contributed by atoms with Crippen LogP contribution in [0, 0.1) is 19.3 Å². The van der Waals surface area contributed by atoms with Crippen molar-refractivity contribution >= 4 is 23.2 Å². The van der Waals surface area contributed by atoms with E-state index in [0.29, 0.717) is 51.1 Å². The van der Waals surface area contributed by atoms with Gasteiger partial charge in [-0.2, -0.15) is 0 Å². The van der Waals surface area contributed by atoms with E-state index in [1.165, 1.54) is 0 Å². The number of aliphatic hydroxyl groups excluding tert-OH is 2. The summed E-state index contributed by atoms with van der Waals surface area (Å²) in [5.74, 6) is 0.390. The number of benzene rings is 1. The first-order valence-corrected chi connectivity index (χ1v) is 12.6. The molecule has 8 nitrogen and oxygen atoms in total. The molecular weight excluding hydrogens is 454 g/mol. The molecule has 1 aromatic heterocycles. The number of aryl methyl sites for hydroxylation is 2. The fourth-order valence-corrected chi connectivity index (χ4v) is 5.83. The van der Waals surface area contributed by atoms with Gasteiger partial charge in [0.25, 0.3) is 5.91 Å². The first-order chi connectivity index (χ1) is 16.2.